The molecular weight excluding hydrogens is 407 g/mol. The van der Waals surface area contributed by atoms with Crippen molar-refractivity contribution < 1.29 is 31.6 Å². The van der Waals surface area contributed by atoms with Crippen molar-refractivity contribution in [1.29, 1.82) is 0 Å². The van der Waals surface area contributed by atoms with Crippen molar-refractivity contribution in [2.75, 3.05) is 6.79 Å². The van der Waals surface area contributed by atoms with Gasteiger partial charge in [-0.15, -0.1) is 0 Å². The highest BCUT2D eigenvalue weighted by atomic mass is 32.2. The summed E-state index contributed by atoms with van der Waals surface area (Å²) >= 11 is 0. The van der Waals surface area contributed by atoms with Crippen LogP contribution in [0.4, 0.5) is 0 Å². The van der Waals surface area contributed by atoms with Gasteiger partial charge in [-0.05, 0) is 23.3 Å². The third-order valence-electron chi connectivity index (χ3n) is 5.39. The van der Waals surface area contributed by atoms with Crippen LogP contribution in [0.5, 0.6) is 11.5 Å². The average molecular weight is 425 g/mol. The number of fused-ring (bicyclic) bond motifs is 1. The molecule has 2 aromatic carbocycles. The van der Waals surface area contributed by atoms with E-state index in [4.69, 9.17) is 24.1 Å². The first-order valence-corrected chi connectivity index (χ1v) is 10.6. The number of rotatable bonds is 5. The van der Waals surface area contributed by atoms with Gasteiger partial charge in [-0.3, -0.25) is 4.79 Å². The van der Waals surface area contributed by atoms with Gasteiger partial charge in [0.1, 0.15) is 15.7 Å². The molecule has 2 aliphatic heterocycles. The predicted molar refractivity (Wildman–Crippen MR) is 115 cm³/mol. The SMILES string of the molecule is BC(B)(c1ccccc1)S(=O)(=O)OC1=C(N)O[C@](B)(c2ccc3c(c2)OCO3)C1=O. The van der Waals surface area contributed by atoms with E-state index in [1.165, 1.54) is 23.5 Å². The van der Waals surface area contributed by atoms with Crippen molar-refractivity contribution in [3.05, 3.63) is 71.3 Å². The summed E-state index contributed by atoms with van der Waals surface area (Å²) in [4.78, 5) is 13.2. The summed E-state index contributed by atoms with van der Waals surface area (Å²) in [6.07, 6.45) is 0. The maximum Gasteiger partial charge on any atom is 0.304 e. The van der Waals surface area contributed by atoms with Crippen LogP contribution in [0.2, 0.25) is 0 Å². The summed E-state index contributed by atoms with van der Waals surface area (Å²) in [6.45, 7) is 0.0753. The van der Waals surface area contributed by atoms with E-state index in [0.29, 0.717) is 22.6 Å². The second-order valence-corrected chi connectivity index (χ2v) is 9.74. The molecule has 4 rings (SSSR count). The van der Waals surface area contributed by atoms with E-state index >= 15 is 0 Å². The fraction of sp³-hybridized carbons (Fsp3) is 0.167. The van der Waals surface area contributed by atoms with Gasteiger partial charge in [-0.25, -0.2) is 0 Å². The van der Waals surface area contributed by atoms with Gasteiger partial charge in [0, 0.05) is 0 Å². The van der Waals surface area contributed by atoms with Crippen LogP contribution < -0.4 is 15.2 Å². The molecule has 152 valence electrons. The molecule has 0 amide bonds. The van der Waals surface area contributed by atoms with Crippen molar-refractivity contribution in [3.8, 4) is 11.5 Å². The third-order valence-corrected chi connectivity index (χ3v) is 7.26. The van der Waals surface area contributed by atoms with Gasteiger partial charge in [0.05, 0.1) is 4.55 Å². The number of ketones is 1. The number of hydrogen-bond donors (Lipinski definition) is 1. The molecule has 0 unspecified atom stereocenters. The van der Waals surface area contributed by atoms with Gasteiger partial charge in [0.25, 0.3) is 0 Å². The molecule has 12 heteroatoms. The van der Waals surface area contributed by atoms with Crippen LogP contribution in [-0.2, 0) is 33.9 Å². The van der Waals surface area contributed by atoms with Crippen molar-refractivity contribution in [1.82, 2.24) is 0 Å². The average Bonchev–Trinajstić information content (AvgIpc) is 3.27. The molecule has 0 radical (unpaired) electrons. The molecule has 8 nitrogen and oxygen atoms in total. The molecule has 0 spiro atoms. The predicted octanol–water partition coefficient (Wildman–Crippen LogP) is -1.65. The van der Waals surface area contributed by atoms with Crippen molar-refractivity contribution in [2.24, 2.45) is 5.73 Å². The molecule has 2 aromatic rings. The molecule has 0 saturated carbocycles. The van der Waals surface area contributed by atoms with Crippen LogP contribution >= 0.6 is 0 Å². The second kappa shape index (κ2) is 6.77. The van der Waals surface area contributed by atoms with Gasteiger partial charge < -0.3 is 24.1 Å². The Kier molecular flexibility index (Phi) is 4.57. The number of carbonyl (C=O) groups excluding carboxylic acids is 1. The first kappa shape index (κ1) is 20.3. The minimum atomic E-state index is -4.29. The number of ether oxygens (including phenoxy) is 3. The van der Waals surface area contributed by atoms with Crippen LogP contribution in [0, 0.1) is 0 Å². The Morgan fingerprint density at radius 1 is 1.07 bits per heavy atom. The number of carbonyl (C=O) groups is 1. The van der Waals surface area contributed by atoms with Crippen LogP contribution in [-0.4, -0.2) is 44.5 Å². The van der Waals surface area contributed by atoms with Crippen molar-refractivity contribution in [3.63, 3.8) is 0 Å². The number of Topliss-reactive ketones (excluding diaryl/α,β-unsaturated/α-hetero) is 1. The fourth-order valence-corrected chi connectivity index (χ4v) is 4.31. The molecule has 0 bridgehead atoms. The highest BCUT2D eigenvalue weighted by Gasteiger charge is 2.51. The van der Waals surface area contributed by atoms with E-state index in [9.17, 15) is 13.2 Å². The summed E-state index contributed by atoms with van der Waals surface area (Å²) in [5.41, 5.74) is 5.25. The van der Waals surface area contributed by atoms with Crippen LogP contribution in [0.3, 0.4) is 0 Å². The lowest BCUT2D eigenvalue weighted by Gasteiger charge is -2.26. The van der Waals surface area contributed by atoms with Crippen LogP contribution in [0.1, 0.15) is 11.1 Å². The zero-order chi connectivity index (χ0) is 21.7. The number of hydrogen-bond acceptors (Lipinski definition) is 8. The largest absolute Gasteiger partial charge is 0.467 e. The quantitative estimate of drug-likeness (QED) is 0.448. The maximum absolute atomic E-state index is 13.2. The van der Waals surface area contributed by atoms with E-state index in [1.54, 1.807) is 48.5 Å². The van der Waals surface area contributed by atoms with E-state index < -0.39 is 37.6 Å². The lowest BCUT2D eigenvalue weighted by atomic mass is 9.65. The lowest BCUT2D eigenvalue weighted by Crippen LogP contribution is -2.40. The number of nitrogens with two attached hydrogens (primary N) is 1. The molecule has 2 N–H and O–H groups in total. The van der Waals surface area contributed by atoms with Gasteiger partial charge in [-0.2, -0.15) is 8.42 Å². The Labute approximate surface area is 176 Å². The van der Waals surface area contributed by atoms with E-state index in [0.717, 1.165) is 0 Å². The highest BCUT2D eigenvalue weighted by Crippen LogP contribution is 2.41. The Morgan fingerprint density at radius 2 is 1.73 bits per heavy atom. The third kappa shape index (κ3) is 3.02. The monoisotopic (exact) mass is 425 g/mol. The van der Waals surface area contributed by atoms with Crippen LogP contribution in [0.15, 0.2) is 60.2 Å². The number of benzene rings is 2. The Balaban J connectivity index is 1.64. The molecule has 0 saturated heterocycles. The summed E-state index contributed by atoms with van der Waals surface area (Å²) < 4.78 is 46.1. The Morgan fingerprint density at radius 3 is 2.43 bits per heavy atom. The lowest BCUT2D eigenvalue weighted by molar-refractivity contribution is -0.126. The van der Waals surface area contributed by atoms with Crippen molar-refractivity contribution >= 4 is 39.4 Å². The molecule has 1 atom stereocenters. The first-order chi connectivity index (χ1) is 14.1. The molecule has 30 heavy (non-hydrogen) atoms. The zero-order valence-corrected chi connectivity index (χ0v) is 17.5. The zero-order valence-electron chi connectivity index (χ0n) is 16.7. The summed E-state index contributed by atoms with van der Waals surface area (Å²) in [7, 11) is 0.187. The van der Waals surface area contributed by atoms with Gasteiger partial charge >= 0.3 is 10.1 Å². The smallest absolute Gasteiger partial charge is 0.304 e. The summed E-state index contributed by atoms with van der Waals surface area (Å²) in [5, 5.41) is 0. The molecular formula is C18H18B3NO7S. The van der Waals surface area contributed by atoms with E-state index in [1.807, 2.05) is 0 Å². The molecule has 0 fully saturated rings. The topological polar surface area (TPSA) is 114 Å². The minimum Gasteiger partial charge on any atom is -0.467 e. The van der Waals surface area contributed by atoms with Crippen molar-refractivity contribution in [2.45, 2.75) is 10.0 Å². The minimum absolute atomic E-state index is 0.0753. The highest BCUT2D eigenvalue weighted by molar-refractivity contribution is 7.90. The second-order valence-electron chi connectivity index (χ2n) is 7.64. The van der Waals surface area contributed by atoms with Gasteiger partial charge in [0.2, 0.25) is 24.2 Å². The standard InChI is InChI=1S/C18H18B3NO7S/c19-17(11-6-7-12-13(8-11)27-9-26-12)15(23)14(16(22)28-17)29-30(24,25)18(20,21)10-4-2-1-3-5-10/h1-8H,9,19-22H2/t17-/m1/s1. The van der Waals surface area contributed by atoms with Crippen LogP contribution in [0.25, 0.3) is 0 Å². The molecule has 0 aliphatic carbocycles. The Bertz CT molecular complexity index is 1170. The molecule has 0 aromatic heterocycles. The first-order valence-electron chi connectivity index (χ1n) is 9.19. The van der Waals surface area contributed by atoms with E-state index in [-0.39, 0.29) is 6.79 Å². The maximum atomic E-state index is 13.2. The normalized spacial score (nSPS) is 20.9. The van der Waals surface area contributed by atoms with Gasteiger partial charge in [-0.1, -0.05) is 36.4 Å². The fourth-order valence-electron chi connectivity index (χ4n) is 3.30. The Hall–Kier alpha value is -3.01. The summed E-state index contributed by atoms with van der Waals surface area (Å²) in [6, 6.07) is 13.4. The summed E-state index contributed by atoms with van der Waals surface area (Å²) in [5.74, 6) is -0.647. The van der Waals surface area contributed by atoms with Gasteiger partial charge in [0.15, 0.2) is 24.8 Å². The van der Waals surface area contributed by atoms with E-state index in [2.05, 4.69) is 0 Å². The molecule has 2 heterocycles. The molecule has 2 aliphatic rings.